The van der Waals surface area contributed by atoms with Crippen molar-refractivity contribution < 1.29 is 18.6 Å². The normalized spacial score (nSPS) is 16.8. The molecule has 1 aromatic carbocycles. The van der Waals surface area contributed by atoms with E-state index in [1.165, 1.54) is 6.07 Å². The second kappa shape index (κ2) is 7.23. The molecule has 1 N–H and O–H groups in total. The fourth-order valence-electron chi connectivity index (χ4n) is 3.66. The van der Waals surface area contributed by atoms with Crippen LogP contribution in [0.2, 0.25) is 0 Å². The Morgan fingerprint density at radius 3 is 3.04 bits per heavy atom. The van der Waals surface area contributed by atoms with Gasteiger partial charge in [-0.05, 0) is 12.1 Å². The maximum Gasteiger partial charge on any atom is 0.210 e. The molecule has 0 amide bonds. The van der Waals surface area contributed by atoms with Crippen molar-refractivity contribution in [3.8, 4) is 11.5 Å². The van der Waals surface area contributed by atoms with Crippen LogP contribution in [0.4, 0.5) is 10.3 Å². The van der Waals surface area contributed by atoms with Gasteiger partial charge in [0.05, 0.1) is 26.0 Å². The van der Waals surface area contributed by atoms with Gasteiger partial charge in [-0.25, -0.2) is 13.8 Å². The summed E-state index contributed by atoms with van der Waals surface area (Å²) in [7, 11) is 0. The van der Waals surface area contributed by atoms with Crippen LogP contribution in [0.3, 0.4) is 0 Å². The molecule has 4 heterocycles. The van der Waals surface area contributed by atoms with E-state index in [1.54, 1.807) is 23.0 Å². The minimum absolute atomic E-state index is 0.0795. The molecule has 0 atom stereocenters. The predicted octanol–water partition coefficient (Wildman–Crippen LogP) is 2.37. The first-order valence-corrected chi connectivity index (χ1v) is 9.39. The summed E-state index contributed by atoms with van der Waals surface area (Å²) in [6.07, 6.45) is 5.65. The largest absolute Gasteiger partial charge is 0.493 e. The van der Waals surface area contributed by atoms with E-state index in [4.69, 9.17) is 14.2 Å². The maximum absolute atomic E-state index is 14.3. The second-order valence-electron chi connectivity index (χ2n) is 6.85. The lowest BCUT2D eigenvalue weighted by Crippen LogP contribution is -2.26. The monoisotopic (exact) mass is 385 g/mol. The summed E-state index contributed by atoms with van der Waals surface area (Å²) in [5.41, 5.74) is 2.08. The summed E-state index contributed by atoms with van der Waals surface area (Å²) in [4.78, 5) is 4.44. The lowest BCUT2D eigenvalue weighted by atomic mass is 10.0. The number of hydrogen-bond acceptors (Lipinski definition) is 7. The molecule has 0 spiro atoms. The lowest BCUT2D eigenvalue weighted by molar-refractivity contribution is 0.0258. The first-order valence-electron chi connectivity index (χ1n) is 9.39. The fraction of sp³-hybridized carbons (Fsp3) is 0.421. The van der Waals surface area contributed by atoms with Gasteiger partial charge in [-0.1, -0.05) is 0 Å². The number of rotatable bonds is 5. The van der Waals surface area contributed by atoms with E-state index < -0.39 is 0 Å². The Morgan fingerprint density at radius 1 is 1.25 bits per heavy atom. The number of halogens is 1. The molecule has 0 aliphatic carbocycles. The van der Waals surface area contributed by atoms with Crippen molar-refractivity contribution in [2.75, 3.05) is 25.1 Å². The minimum atomic E-state index is -0.253. The van der Waals surface area contributed by atoms with Gasteiger partial charge in [-0.2, -0.15) is 0 Å². The van der Waals surface area contributed by atoms with Gasteiger partial charge in [0, 0.05) is 36.9 Å². The number of benzene rings is 1. The highest BCUT2D eigenvalue weighted by Gasteiger charge is 2.21. The molecular formula is C19H20FN5O3. The lowest BCUT2D eigenvalue weighted by Gasteiger charge is -2.23. The molecule has 3 aromatic rings. The molecule has 0 saturated carbocycles. The van der Waals surface area contributed by atoms with Crippen LogP contribution in [-0.2, 0) is 17.7 Å². The van der Waals surface area contributed by atoms with Gasteiger partial charge in [0.25, 0.3) is 0 Å². The third kappa shape index (κ3) is 3.11. The third-order valence-corrected chi connectivity index (χ3v) is 5.13. The van der Waals surface area contributed by atoms with Gasteiger partial charge in [0.15, 0.2) is 5.75 Å². The van der Waals surface area contributed by atoms with Crippen LogP contribution in [0, 0.1) is 5.82 Å². The van der Waals surface area contributed by atoms with Crippen molar-refractivity contribution in [1.29, 1.82) is 0 Å². The van der Waals surface area contributed by atoms with Crippen molar-refractivity contribution >= 4 is 11.6 Å². The SMILES string of the molecule is Fc1ccc2c(c1CNc1ncc(OC3CCOCC3)c3nncn13)CCO2. The minimum Gasteiger partial charge on any atom is -0.493 e. The molecule has 1 saturated heterocycles. The smallest absolute Gasteiger partial charge is 0.210 e. The molecule has 9 heteroatoms. The summed E-state index contributed by atoms with van der Waals surface area (Å²) in [5, 5.41) is 11.3. The zero-order valence-corrected chi connectivity index (χ0v) is 15.2. The van der Waals surface area contributed by atoms with Gasteiger partial charge in [0.1, 0.15) is 24.0 Å². The predicted molar refractivity (Wildman–Crippen MR) is 98.2 cm³/mol. The van der Waals surface area contributed by atoms with Gasteiger partial charge < -0.3 is 19.5 Å². The highest BCUT2D eigenvalue weighted by Crippen LogP contribution is 2.31. The highest BCUT2D eigenvalue weighted by molar-refractivity contribution is 5.56. The van der Waals surface area contributed by atoms with Crippen molar-refractivity contribution in [2.24, 2.45) is 0 Å². The summed E-state index contributed by atoms with van der Waals surface area (Å²) in [6.45, 7) is 2.26. The maximum atomic E-state index is 14.3. The van der Waals surface area contributed by atoms with E-state index >= 15 is 0 Å². The van der Waals surface area contributed by atoms with Gasteiger partial charge in [-0.3, -0.25) is 0 Å². The number of ether oxygens (including phenoxy) is 3. The molecule has 2 aliphatic heterocycles. The van der Waals surface area contributed by atoms with E-state index in [-0.39, 0.29) is 11.9 Å². The Morgan fingerprint density at radius 2 is 2.14 bits per heavy atom. The quantitative estimate of drug-likeness (QED) is 0.722. The Balaban J connectivity index is 1.38. The van der Waals surface area contributed by atoms with Crippen molar-refractivity contribution in [1.82, 2.24) is 19.6 Å². The van der Waals surface area contributed by atoms with Crippen molar-refractivity contribution in [2.45, 2.75) is 31.9 Å². The number of nitrogens with one attached hydrogen (secondary N) is 1. The standard InChI is InChI=1S/C19H20FN5O3/c20-15-1-2-16-13(5-8-27-16)14(15)9-21-19-22-10-17(18-24-23-11-25(18)19)28-12-3-6-26-7-4-12/h1-2,10-12H,3-9H2,(H,21,22). The zero-order valence-electron chi connectivity index (χ0n) is 15.2. The van der Waals surface area contributed by atoms with E-state index in [2.05, 4.69) is 20.5 Å². The van der Waals surface area contributed by atoms with Crippen LogP contribution < -0.4 is 14.8 Å². The molecule has 8 nitrogen and oxygen atoms in total. The van der Waals surface area contributed by atoms with Crippen molar-refractivity contribution in [3.63, 3.8) is 0 Å². The number of aromatic nitrogens is 4. The van der Waals surface area contributed by atoms with E-state index in [1.807, 2.05) is 0 Å². The molecule has 2 aromatic heterocycles. The van der Waals surface area contributed by atoms with Crippen molar-refractivity contribution in [3.05, 3.63) is 41.6 Å². The first kappa shape index (κ1) is 17.2. The zero-order chi connectivity index (χ0) is 18.9. The van der Waals surface area contributed by atoms with Crippen LogP contribution in [-0.4, -0.2) is 45.5 Å². The molecule has 1 fully saturated rings. The second-order valence-corrected chi connectivity index (χ2v) is 6.85. The molecule has 0 unspecified atom stereocenters. The van der Waals surface area contributed by atoms with Crippen LogP contribution in [0.1, 0.15) is 24.0 Å². The Hall–Kier alpha value is -2.94. The first-order chi connectivity index (χ1) is 13.8. The van der Waals surface area contributed by atoms with Gasteiger partial charge in [-0.15, -0.1) is 10.2 Å². The summed E-state index contributed by atoms with van der Waals surface area (Å²) in [5.74, 6) is 1.60. The Kier molecular flexibility index (Phi) is 4.44. The Bertz CT molecular complexity index is 1000. The molecule has 2 aliphatic rings. The molecule has 5 rings (SSSR count). The van der Waals surface area contributed by atoms with Crippen LogP contribution in [0.25, 0.3) is 5.65 Å². The van der Waals surface area contributed by atoms with Crippen LogP contribution in [0.5, 0.6) is 11.5 Å². The number of fused-ring (bicyclic) bond motifs is 2. The summed E-state index contributed by atoms with van der Waals surface area (Å²) >= 11 is 0. The number of hydrogen-bond donors (Lipinski definition) is 1. The van der Waals surface area contributed by atoms with E-state index in [0.29, 0.717) is 55.7 Å². The van der Waals surface area contributed by atoms with E-state index in [0.717, 1.165) is 24.2 Å². The van der Waals surface area contributed by atoms with Crippen LogP contribution in [0.15, 0.2) is 24.7 Å². The molecule has 28 heavy (non-hydrogen) atoms. The fourth-order valence-corrected chi connectivity index (χ4v) is 3.66. The summed E-state index contributed by atoms with van der Waals surface area (Å²) in [6, 6.07) is 3.12. The molecular weight excluding hydrogens is 365 g/mol. The topological polar surface area (TPSA) is 82.8 Å². The number of anilines is 1. The van der Waals surface area contributed by atoms with Gasteiger partial charge >= 0.3 is 0 Å². The average Bonchev–Trinajstić information content (AvgIpc) is 3.39. The van der Waals surface area contributed by atoms with Crippen LogP contribution >= 0.6 is 0 Å². The molecule has 0 bridgehead atoms. The number of nitrogens with zero attached hydrogens (tertiary/aromatic N) is 4. The highest BCUT2D eigenvalue weighted by atomic mass is 19.1. The van der Waals surface area contributed by atoms with Gasteiger partial charge in [0.2, 0.25) is 11.6 Å². The molecule has 146 valence electrons. The molecule has 0 radical (unpaired) electrons. The summed E-state index contributed by atoms with van der Waals surface area (Å²) < 4.78 is 33.0. The van der Waals surface area contributed by atoms with E-state index in [9.17, 15) is 4.39 Å². The Labute approximate surface area is 160 Å². The third-order valence-electron chi connectivity index (χ3n) is 5.13. The average molecular weight is 385 g/mol.